The number of amidine groups is 1. The summed E-state index contributed by atoms with van der Waals surface area (Å²) in [5.41, 5.74) is 0.395. The molecule has 1 aromatic heterocycles. The van der Waals surface area contributed by atoms with Crippen molar-refractivity contribution in [3.63, 3.8) is 0 Å². The standard InChI is InChI=1S/C20H18BrN5O4S/c1-2-3-10-31-20-23-19(27)18-14-11-12(21)4-7-15(14)22-16(25(18)24-20)8-5-13-6-9-17(30-13)26(28)29/h4-9,11,16H,2-3,10H2,1H3,(H,23,24,27)/b8-5+/t16-/m0/s1. The molecule has 1 amide bonds. The van der Waals surface area contributed by atoms with Gasteiger partial charge in [-0.2, -0.15) is 0 Å². The highest BCUT2D eigenvalue weighted by atomic mass is 79.9. The van der Waals surface area contributed by atoms with Crippen molar-refractivity contribution in [1.29, 1.82) is 0 Å². The molecule has 31 heavy (non-hydrogen) atoms. The van der Waals surface area contributed by atoms with E-state index < -0.39 is 11.1 Å². The van der Waals surface area contributed by atoms with Gasteiger partial charge in [0, 0.05) is 15.4 Å². The predicted molar refractivity (Wildman–Crippen MR) is 121 cm³/mol. The second-order valence-electron chi connectivity index (χ2n) is 6.75. The summed E-state index contributed by atoms with van der Waals surface area (Å²) in [6, 6.07) is 8.31. The summed E-state index contributed by atoms with van der Waals surface area (Å²) in [4.78, 5) is 28.0. The molecule has 3 heterocycles. The number of rotatable bonds is 6. The van der Waals surface area contributed by atoms with E-state index in [2.05, 4.69) is 33.3 Å². The number of fused-ring (bicyclic) bond motifs is 2. The Balaban J connectivity index is 1.74. The third-order valence-corrected chi connectivity index (χ3v) is 6.00. The Kier molecular flexibility index (Phi) is 6.23. The number of hydrogen-bond donors (Lipinski definition) is 1. The minimum atomic E-state index is -0.611. The van der Waals surface area contributed by atoms with Gasteiger partial charge in [-0.25, -0.2) is 5.01 Å². The predicted octanol–water partition coefficient (Wildman–Crippen LogP) is 2.97. The fraction of sp³-hybridized carbons (Fsp3) is 0.250. The highest BCUT2D eigenvalue weighted by Gasteiger charge is 2.32. The number of thioether (sulfide) groups is 1. The van der Waals surface area contributed by atoms with Gasteiger partial charge in [0.1, 0.15) is 16.4 Å². The molecule has 2 aromatic rings. The van der Waals surface area contributed by atoms with E-state index in [1.54, 1.807) is 17.2 Å². The summed E-state index contributed by atoms with van der Waals surface area (Å²) in [5.74, 6) is 0.560. The monoisotopic (exact) mass is 503 g/mol. The van der Waals surface area contributed by atoms with Crippen molar-refractivity contribution in [3.8, 4) is 0 Å². The minimum Gasteiger partial charge on any atom is -0.401 e. The summed E-state index contributed by atoms with van der Waals surface area (Å²) in [6.45, 7) is 2.10. The first-order valence-corrected chi connectivity index (χ1v) is 11.4. The molecule has 0 saturated carbocycles. The Morgan fingerprint density at radius 2 is 2.23 bits per heavy atom. The van der Waals surface area contributed by atoms with E-state index in [4.69, 9.17) is 9.41 Å². The van der Waals surface area contributed by atoms with E-state index >= 15 is 0 Å². The SMILES string of the molecule is CCCCSC1=NN2C(=c3cc(Br)ccc3=N[C@@H]2/C=C/c2ccc([N+](=O)[O-])o2)C(=O)N1. The van der Waals surface area contributed by atoms with E-state index in [0.717, 1.165) is 23.1 Å². The highest BCUT2D eigenvalue weighted by Crippen LogP contribution is 2.23. The van der Waals surface area contributed by atoms with Crippen LogP contribution >= 0.6 is 27.7 Å². The number of amides is 1. The number of furan rings is 1. The van der Waals surface area contributed by atoms with Crippen LogP contribution in [0, 0.1) is 10.1 Å². The third-order valence-electron chi connectivity index (χ3n) is 4.56. The normalized spacial score (nSPS) is 17.7. The van der Waals surface area contributed by atoms with E-state index in [-0.39, 0.29) is 11.8 Å². The molecule has 9 nitrogen and oxygen atoms in total. The van der Waals surface area contributed by atoms with Crippen molar-refractivity contribution in [3.05, 3.63) is 67.3 Å². The quantitative estimate of drug-likeness (QED) is 0.368. The second-order valence-corrected chi connectivity index (χ2v) is 8.75. The van der Waals surface area contributed by atoms with Crippen LogP contribution in [0.5, 0.6) is 0 Å². The summed E-state index contributed by atoms with van der Waals surface area (Å²) < 4.78 is 6.01. The maximum absolute atomic E-state index is 13.0. The van der Waals surface area contributed by atoms with E-state index in [1.165, 1.54) is 23.9 Å². The van der Waals surface area contributed by atoms with Crippen molar-refractivity contribution in [1.82, 2.24) is 10.3 Å². The first-order chi connectivity index (χ1) is 15.0. The zero-order valence-electron chi connectivity index (χ0n) is 16.4. The number of unbranched alkanes of at least 4 members (excludes halogenated alkanes) is 1. The van der Waals surface area contributed by atoms with Crippen molar-refractivity contribution < 1.29 is 14.1 Å². The van der Waals surface area contributed by atoms with Crippen LogP contribution < -0.4 is 15.9 Å². The topological polar surface area (TPSA) is 113 Å². The van der Waals surface area contributed by atoms with Crippen LogP contribution in [0.25, 0.3) is 11.8 Å². The smallest absolute Gasteiger partial charge is 0.401 e. The molecule has 2 aliphatic rings. The molecular formula is C20H18BrN5O4S. The first-order valence-electron chi connectivity index (χ1n) is 9.58. The van der Waals surface area contributed by atoms with Crippen LogP contribution in [-0.2, 0) is 4.79 Å². The largest absolute Gasteiger partial charge is 0.433 e. The minimum absolute atomic E-state index is 0.254. The van der Waals surface area contributed by atoms with Crippen molar-refractivity contribution in [2.75, 3.05) is 5.75 Å². The van der Waals surface area contributed by atoms with E-state index in [1.807, 2.05) is 18.2 Å². The van der Waals surface area contributed by atoms with Gasteiger partial charge < -0.3 is 4.42 Å². The van der Waals surface area contributed by atoms with Crippen molar-refractivity contribution >= 4 is 56.4 Å². The summed E-state index contributed by atoms with van der Waals surface area (Å²) in [6.07, 6.45) is 4.74. The molecule has 4 rings (SSSR count). The summed E-state index contributed by atoms with van der Waals surface area (Å²) >= 11 is 4.93. The second kappa shape index (κ2) is 9.06. The van der Waals surface area contributed by atoms with Gasteiger partial charge in [0.05, 0.1) is 11.4 Å². The Hall–Kier alpha value is -2.92. The van der Waals surface area contributed by atoms with Gasteiger partial charge >= 0.3 is 5.88 Å². The zero-order chi connectivity index (χ0) is 22.0. The van der Waals surface area contributed by atoms with Gasteiger partial charge in [-0.15, -0.1) is 5.10 Å². The molecule has 0 spiro atoms. The number of nitrogens with one attached hydrogen (secondary N) is 1. The molecule has 0 saturated heterocycles. The molecule has 0 fully saturated rings. The molecule has 11 heteroatoms. The lowest BCUT2D eigenvalue weighted by atomic mass is 10.1. The third kappa shape index (κ3) is 4.57. The van der Waals surface area contributed by atoms with Gasteiger partial charge in [0.2, 0.25) is 0 Å². The average molecular weight is 504 g/mol. The van der Waals surface area contributed by atoms with Crippen LogP contribution in [0.3, 0.4) is 0 Å². The summed E-state index contributed by atoms with van der Waals surface area (Å²) in [7, 11) is 0. The summed E-state index contributed by atoms with van der Waals surface area (Å²) in [5, 5.41) is 21.8. The van der Waals surface area contributed by atoms with E-state index in [0.29, 0.717) is 27.2 Å². The molecule has 1 aromatic carbocycles. The molecule has 0 aliphatic carbocycles. The number of hydrogen-bond acceptors (Lipinski definition) is 8. The lowest BCUT2D eigenvalue weighted by Gasteiger charge is -2.32. The number of hydrazone groups is 1. The lowest BCUT2D eigenvalue weighted by Crippen LogP contribution is -2.52. The Morgan fingerprint density at radius 1 is 1.39 bits per heavy atom. The van der Waals surface area contributed by atoms with Gasteiger partial charge in [0.15, 0.2) is 11.3 Å². The van der Waals surface area contributed by atoms with Gasteiger partial charge in [-0.3, -0.25) is 25.2 Å². The van der Waals surface area contributed by atoms with Crippen LogP contribution in [0.1, 0.15) is 25.5 Å². The Labute approximate surface area is 189 Å². The average Bonchev–Trinajstić information content (AvgIpc) is 3.21. The zero-order valence-corrected chi connectivity index (χ0v) is 18.9. The molecule has 0 radical (unpaired) electrons. The van der Waals surface area contributed by atoms with Crippen LogP contribution in [-0.4, -0.2) is 32.9 Å². The number of carbonyl (C=O) groups excluding carboxylic acids is 1. The number of halogens is 1. The van der Waals surface area contributed by atoms with Gasteiger partial charge in [0.25, 0.3) is 5.91 Å². The maximum atomic E-state index is 13.0. The number of nitrogens with zero attached hydrogens (tertiary/aromatic N) is 4. The number of nitro groups is 1. The Bertz CT molecular complexity index is 1220. The molecule has 2 aliphatic heterocycles. The molecule has 1 atom stereocenters. The highest BCUT2D eigenvalue weighted by molar-refractivity contribution is 9.10. The molecule has 160 valence electrons. The first kappa shape index (κ1) is 21.3. The molecule has 0 bridgehead atoms. The molecule has 1 N–H and O–H groups in total. The molecule has 0 unspecified atom stereocenters. The van der Waals surface area contributed by atoms with Crippen LogP contribution in [0.4, 0.5) is 5.88 Å². The van der Waals surface area contributed by atoms with Crippen LogP contribution in [0.15, 0.2) is 55.4 Å². The number of benzene rings is 1. The Morgan fingerprint density at radius 3 is 2.97 bits per heavy atom. The van der Waals surface area contributed by atoms with Gasteiger partial charge in [-0.05, 0) is 42.8 Å². The van der Waals surface area contributed by atoms with Crippen molar-refractivity contribution in [2.45, 2.75) is 25.9 Å². The van der Waals surface area contributed by atoms with Crippen LogP contribution in [0.2, 0.25) is 0 Å². The van der Waals surface area contributed by atoms with Gasteiger partial charge in [-0.1, -0.05) is 41.0 Å². The van der Waals surface area contributed by atoms with E-state index in [9.17, 15) is 14.9 Å². The fourth-order valence-corrected chi connectivity index (χ4v) is 4.39. The number of carbonyl (C=O) groups is 1. The van der Waals surface area contributed by atoms with Crippen molar-refractivity contribution in [2.24, 2.45) is 10.1 Å². The molecular weight excluding hydrogens is 486 g/mol. The lowest BCUT2D eigenvalue weighted by molar-refractivity contribution is -0.402. The fourth-order valence-electron chi connectivity index (χ4n) is 3.09. The maximum Gasteiger partial charge on any atom is 0.433 e.